The Kier molecular flexibility index (Phi) is 6.80. The first-order valence-corrected chi connectivity index (χ1v) is 6.41. The molecule has 0 spiro atoms. The average molecular weight is 251 g/mol. The van der Waals surface area contributed by atoms with Gasteiger partial charge in [-0.05, 0) is 17.8 Å². The molecule has 0 aromatic carbocycles. The molecule has 0 bridgehead atoms. The molecule has 0 aliphatic heterocycles. The Hall–Kier alpha value is 0.870. The molecule has 1 aromatic rings. The van der Waals surface area contributed by atoms with Crippen LogP contribution < -0.4 is 21.5 Å². The second-order valence-corrected chi connectivity index (χ2v) is 4.58. The van der Waals surface area contributed by atoms with E-state index in [1.54, 1.807) is 0 Å². The summed E-state index contributed by atoms with van der Waals surface area (Å²) in [5.74, 6) is 0. The molecule has 0 saturated carbocycles. The predicted molar refractivity (Wildman–Crippen MR) is 77.7 cm³/mol. The normalized spacial score (nSPS) is 9.15. The Bertz CT molecular complexity index is 272. The lowest BCUT2D eigenvalue weighted by Crippen LogP contribution is -2.34. The molecule has 1 heterocycles. The fourth-order valence-electron chi connectivity index (χ4n) is 0.752. The van der Waals surface area contributed by atoms with Crippen molar-refractivity contribution in [3.63, 3.8) is 0 Å². The van der Waals surface area contributed by atoms with Crippen molar-refractivity contribution in [1.82, 2.24) is 4.98 Å². The van der Waals surface area contributed by atoms with Crippen LogP contribution in [0.15, 0.2) is 0 Å². The lowest BCUT2D eigenvalue weighted by molar-refractivity contribution is 1.43. The first-order valence-electron chi connectivity index (χ1n) is 4.10. The minimum atomic E-state index is 0.996. The molecule has 0 N–H and O–H groups in total. The summed E-state index contributed by atoms with van der Waals surface area (Å²) >= 11 is 0. The number of aromatic nitrogens is 1. The van der Waals surface area contributed by atoms with E-state index in [0.717, 1.165) is 16.2 Å². The van der Waals surface area contributed by atoms with Crippen LogP contribution in [0.4, 0.5) is 0 Å². The van der Waals surface area contributed by atoms with Crippen molar-refractivity contribution in [2.75, 3.05) is 0 Å². The third-order valence-corrected chi connectivity index (χ3v) is 4.61. The van der Waals surface area contributed by atoms with Gasteiger partial charge in [-0.1, -0.05) is 32.3 Å². The van der Waals surface area contributed by atoms with Gasteiger partial charge in [0, 0.05) is 5.30 Å². The van der Waals surface area contributed by atoms with Gasteiger partial charge in [0.05, 0.1) is 10.9 Å². The zero-order chi connectivity index (χ0) is 10.6. The molecule has 74 valence electrons. The summed E-state index contributed by atoms with van der Waals surface area (Å²) < 4.78 is 0. The maximum atomic E-state index is 4.33. The van der Waals surface area contributed by atoms with E-state index < -0.39 is 0 Å². The number of rotatable bonds is 0. The molecule has 4 unspecified atom stereocenters. The maximum Gasteiger partial charge on any atom is 0.0653 e. The van der Waals surface area contributed by atoms with Gasteiger partial charge in [-0.3, -0.25) is 0 Å². The third-order valence-electron chi connectivity index (χ3n) is 1.60. The topological polar surface area (TPSA) is 12.9 Å². The second kappa shape index (κ2) is 6.37. The van der Waals surface area contributed by atoms with Crippen LogP contribution in [0.1, 0.15) is 19.4 Å². The van der Waals surface area contributed by atoms with E-state index in [0.29, 0.717) is 0 Å². The molecule has 1 aromatic heterocycles. The Labute approximate surface area is 90.1 Å². The van der Waals surface area contributed by atoms with Gasteiger partial charge in [0.25, 0.3) is 0 Å². The minimum Gasteiger partial charge on any atom is -0.248 e. The summed E-state index contributed by atoms with van der Waals surface area (Å²) in [5, 5.41) is 2.38. The minimum absolute atomic E-state index is 0.996. The van der Waals surface area contributed by atoms with Gasteiger partial charge in [-0.25, -0.2) is 4.98 Å². The van der Waals surface area contributed by atoms with Gasteiger partial charge in [0.15, 0.2) is 0 Å². The second-order valence-electron chi connectivity index (χ2n) is 2.33. The smallest absolute Gasteiger partial charge is 0.0653 e. The van der Waals surface area contributed by atoms with Gasteiger partial charge in [-0.2, -0.15) is 0 Å². The molecule has 5 heteroatoms. The van der Waals surface area contributed by atoms with Crippen molar-refractivity contribution in [1.29, 1.82) is 0 Å². The van der Waals surface area contributed by atoms with Crippen molar-refractivity contribution in [2.45, 2.75) is 20.8 Å². The highest BCUT2D eigenvalue weighted by molar-refractivity contribution is 7.40. The Morgan fingerprint density at radius 2 is 1.31 bits per heavy atom. The van der Waals surface area contributed by atoms with Crippen molar-refractivity contribution in [2.24, 2.45) is 0 Å². The lowest BCUT2D eigenvalue weighted by atomic mass is 10.3. The summed E-state index contributed by atoms with van der Waals surface area (Å²) in [7, 11) is 10.7. The monoisotopic (exact) mass is 251 g/mol. The summed E-state index contributed by atoms with van der Waals surface area (Å²) in [6.45, 7) is 6.06. The standard InChI is InChI=1S/C6H11NP4.C2H6/c1-2-3(8)4(9)6(11)7-5(2)10;1-2/h8-11H2,1H3;1-2H3. The molecule has 1 rings (SSSR count). The quantitative estimate of drug-likeness (QED) is 0.609. The fourth-order valence-corrected chi connectivity index (χ4v) is 2.40. The van der Waals surface area contributed by atoms with Crippen LogP contribution in [0.5, 0.6) is 0 Å². The zero-order valence-corrected chi connectivity index (χ0v) is 12.9. The lowest BCUT2D eigenvalue weighted by Gasteiger charge is -2.08. The Morgan fingerprint density at radius 3 is 1.77 bits per heavy atom. The molecule has 13 heavy (non-hydrogen) atoms. The molecular formula is C8H17NP4. The van der Waals surface area contributed by atoms with Crippen molar-refractivity contribution >= 4 is 58.4 Å². The highest BCUT2D eigenvalue weighted by Gasteiger charge is 2.04. The SMILES string of the molecule is CC.Cc1c(P)nc(P)c(P)c1P. The largest absolute Gasteiger partial charge is 0.248 e. The van der Waals surface area contributed by atoms with E-state index in [9.17, 15) is 0 Å². The highest BCUT2D eigenvalue weighted by atomic mass is 31.0. The van der Waals surface area contributed by atoms with Crippen LogP contribution in [-0.4, -0.2) is 4.98 Å². The molecular weight excluding hydrogens is 234 g/mol. The molecule has 0 amide bonds. The van der Waals surface area contributed by atoms with E-state index in [4.69, 9.17) is 0 Å². The van der Waals surface area contributed by atoms with Gasteiger partial charge < -0.3 is 0 Å². The average Bonchev–Trinajstić information content (AvgIpc) is 2.15. The molecule has 0 fully saturated rings. The van der Waals surface area contributed by atoms with E-state index in [1.165, 1.54) is 10.9 Å². The van der Waals surface area contributed by atoms with Crippen molar-refractivity contribution in [3.05, 3.63) is 5.56 Å². The van der Waals surface area contributed by atoms with Crippen LogP contribution in [0.2, 0.25) is 0 Å². The van der Waals surface area contributed by atoms with E-state index >= 15 is 0 Å². The van der Waals surface area contributed by atoms with Crippen molar-refractivity contribution in [3.8, 4) is 0 Å². The molecule has 4 atom stereocenters. The summed E-state index contributed by atoms with van der Waals surface area (Å²) in [5.41, 5.74) is 3.23. The molecule has 0 aliphatic rings. The molecule has 0 radical (unpaired) electrons. The van der Waals surface area contributed by atoms with Crippen molar-refractivity contribution < 1.29 is 0 Å². The van der Waals surface area contributed by atoms with Gasteiger partial charge >= 0.3 is 0 Å². The first-order chi connectivity index (χ1) is 6.04. The highest BCUT2D eigenvalue weighted by Crippen LogP contribution is 1.99. The van der Waals surface area contributed by atoms with Crippen LogP contribution in [0, 0.1) is 6.92 Å². The Morgan fingerprint density at radius 1 is 0.846 bits per heavy atom. The Balaban J connectivity index is 0.000000671. The van der Waals surface area contributed by atoms with Crippen LogP contribution >= 0.6 is 37.0 Å². The van der Waals surface area contributed by atoms with E-state index in [2.05, 4.69) is 48.9 Å². The summed E-state index contributed by atoms with van der Waals surface area (Å²) in [4.78, 5) is 4.33. The molecule has 0 saturated heterocycles. The number of hydrogen-bond acceptors (Lipinski definition) is 1. The molecule has 0 aliphatic carbocycles. The maximum absolute atomic E-state index is 4.33. The van der Waals surface area contributed by atoms with Crippen LogP contribution in [0.25, 0.3) is 0 Å². The van der Waals surface area contributed by atoms with E-state index in [-0.39, 0.29) is 0 Å². The van der Waals surface area contributed by atoms with E-state index in [1.807, 2.05) is 13.8 Å². The predicted octanol–water partition coefficient (Wildman–Crippen LogP) is 0.418. The van der Waals surface area contributed by atoms with Gasteiger partial charge in [0.1, 0.15) is 0 Å². The number of nitrogens with zero attached hydrogens (tertiary/aromatic N) is 1. The number of hydrogen-bond donors (Lipinski definition) is 0. The zero-order valence-electron chi connectivity index (χ0n) is 8.26. The van der Waals surface area contributed by atoms with Crippen LogP contribution in [0.3, 0.4) is 0 Å². The fraction of sp³-hybridized carbons (Fsp3) is 0.375. The van der Waals surface area contributed by atoms with Gasteiger partial charge in [0.2, 0.25) is 0 Å². The summed E-state index contributed by atoms with van der Waals surface area (Å²) in [6, 6.07) is 0. The number of pyridine rings is 1. The van der Waals surface area contributed by atoms with Crippen LogP contribution in [-0.2, 0) is 0 Å². The molecule has 1 nitrogen and oxygen atoms in total. The summed E-state index contributed by atoms with van der Waals surface area (Å²) in [6.07, 6.45) is 0. The van der Waals surface area contributed by atoms with Gasteiger partial charge in [-0.15, -0.1) is 18.5 Å². The third kappa shape index (κ3) is 3.49. The first kappa shape index (κ1) is 13.9.